The number of carbonyl (C=O) groups is 10. The van der Waals surface area contributed by atoms with Crippen LogP contribution in [-0.4, -0.2) is 123 Å². The third kappa shape index (κ3) is 14.0. The van der Waals surface area contributed by atoms with E-state index in [0.29, 0.717) is 45.5 Å². The number of aromatic carboxylic acids is 6. The van der Waals surface area contributed by atoms with Gasteiger partial charge in [0.2, 0.25) is 11.8 Å². The number of aromatic hydroxyl groups is 2. The molecule has 7 rings (SSSR count). The fourth-order valence-corrected chi connectivity index (χ4v) is 8.97. The molecular weight excluding hydrogens is 1210 g/mol. The lowest BCUT2D eigenvalue weighted by atomic mass is 9.97. The molecule has 2 heterocycles. The van der Waals surface area contributed by atoms with Crippen molar-refractivity contribution in [1.82, 2.24) is 19.8 Å². The van der Waals surface area contributed by atoms with Gasteiger partial charge in [0.15, 0.2) is 5.69 Å². The number of benzene rings is 5. The maximum atomic E-state index is 13.7. The summed E-state index contributed by atoms with van der Waals surface area (Å²) in [7, 11) is 0. The molecule has 0 aliphatic heterocycles. The molecule has 2 amide bonds. The van der Waals surface area contributed by atoms with Crippen molar-refractivity contribution in [2.75, 3.05) is 13.1 Å². The normalized spacial score (nSPS) is 10.9. The average molecular weight is 1260 g/mol. The maximum absolute atomic E-state index is 13.7. The van der Waals surface area contributed by atoms with E-state index in [9.17, 15) is 104 Å². The molecule has 32 heteroatoms. The van der Waals surface area contributed by atoms with Gasteiger partial charge in [0.05, 0.1) is 62.2 Å². The van der Waals surface area contributed by atoms with Crippen LogP contribution in [0.4, 0.5) is 28.4 Å². The van der Waals surface area contributed by atoms with Crippen molar-refractivity contribution >= 4 is 88.0 Å². The molecule has 5 aromatic carbocycles. The van der Waals surface area contributed by atoms with Gasteiger partial charge < -0.3 is 61.0 Å². The molecule has 0 fully saturated rings. The highest BCUT2D eigenvalue weighted by Crippen LogP contribution is 2.39. The Morgan fingerprint density at radius 1 is 0.500 bits per heavy atom. The number of nitriles is 1. The predicted molar refractivity (Wildman–Crippen MR) is 311 cm³/mol. The number of carboxylic acids is 6. The van der Waals surface area contributed by atoms with Gasteiger partial charge in [-0.05, 0) is 79.1 Å². The van der Waals surface area contributed by atoms with Gasteiger partial charge in [-0.1, -0.05) is 50.2 Å². The lowest BCUT2D eigenvalue weighted by Crippen LogP contribution is -2.34. The van der Waals surface area contributed by atoms with Crippen LogP contribution in [0.25, 0.3) is 4.85 Å². The highest BCUT2D eigenvalue weighted by Gasteiger charge is 2.30. The van der Waals surface area contributed by atoms with E-state index in [-0.39, 0.29) is 35.5 Å². The number of aromatic nitrogens is 2. The van der Waals surface area contributed by atoms with Crippen LogP contribution >= 0.6 is 0 Å². The number of esters is 2. The van der Waals surface area contributed by atoms with Crippen molar-refractivity contribution in [3.05, 3.63) is 202 Å². The zero-order valence-corrected chi connectivity index (χ0v) is 47.4. The summed E-state index contributed by atoms with van der Waals surface area (Å²) in [5, 5.41) is 113. The second-order valence-corrected chi connectivity index (χ2v) is 18.8. The first kappa shape index (κ1) is 66.0. The number of carbonyl (C=O) groups excluding carboxylic acids is 4. The molecule has 92 heavy (non-hydrogen) atoms. The third-order valence-corrected chi connectivity index (χ3v) is 13.3. The first-order chi connectivity index (χ1) is 43.8. The second-order valence-electron chi connectivity index (χ2n) is 18.8. The van der Waals surface area contributed by atoms with Crippen LogP contribution in [0.2, 0.25) is 0 Å². The maximum Gasteiger partial charge on any atom is 0.344 e. The van der Waals surface area contributed by atoms with Crippen LogP contribution in [-0.2, 0) is 25.9 Å². The van der Waals surface area contributed by atoms with Crippen molar-refractivity contribution in [2.45, 2.75) is 39.8 Å². The quantitative estimate of drug-likeness (QED) is 0.0123. The molecule has 0 bridgehead atoms. The standard InChI is InChI=1S/C60H44N10O22/c1-4-29-41(26-61)49(73)69(51(75)45(29)67-65-42-24-35(55(81)82)37(22-39(42)57(85)86)59(89)91-27-12-8-6-9-13-27)18-16-63-47(71)31-20-34(54(79)80)32(21-33(31)53(77)78)48(72)64-17-19-70-50(74)44(62-3)30(5-2)46(52(70)76)68-66-43-25-36(56(83)84)38(23-40(43)58(87)88)60(90)92-28-14-10-7-11-15-28/h6-15,20-25,75-76H,4-5,16-19H2,1-2H3,(H,63,71)(H,64,72)(H,77,78)(H,79,80)(H,81,82)(H,83,84)(H,85,86)(H,87,88). The van der Waals surface area contributed by atoms with Crippen molar-refractivity contribution < 1.29 is 98.3 Å². The average Bonchev–Trinajstić information content (AvgIpc) is 0.815. The molecule has 0 spiro atoms. The molecular formula is C60H44N10O22. The Balaban J connectivity index is 1.13. The van der Waals surface area contributed by atoms with E-state index in [2.05, 4.69) is 35.9 Å². The predicted octanol–water partition coefficient (Wildman–Crippen LogP) is 7.29. The summed E-state index contributed by atoms with van der Waals surface area (Å²) in [6.45, 7) is 7.70. The largest absolute Gasteiger partial charge is 0.493 e. The number of carboxylic acid groups (broad SMARTS) is 6. The summed E-state index contributed by atoms with van der Waals surface area (Å²) < 4.78 is 11.4. The van der Waals surface area contributed by atoms with Gasteiger partial charge in [0.1, 0.15) is 40.2 Å². The Morgan fingerprint density at radius 3 is 1.20 bits per heavy atom. The number of azo groups is 2. The van der Waals surface area contributed by atoms with E-state index >= 15 is 0 Å². The first-order valence-electron chi connectivity index (χ1n) is 26.4. The number of amides is 2. The van der Waals surface area contributed by atoms with Crippen molar-refractivity contribution in [3.8, 4) is 29.3 Å². The Kier molecular flexibility index (Phi) is 20.3. The number of rotatable bonds is 24. The minimum Gasteiger partial charge on any atom is -0.493 e. The number of nitrogens with one attached hydrogen (secondary N) is 2. The van der Waals surface area contributed by atoms with Gasteiger partial charge in [-0.15, -0.1) is 20.5 Å². The number of ether oxygens (including phenoxy) is 2. The summed E-state index contributed by atoms with van der Waals surface area (Å²) in [5.74, 6) is -18.0. The topological polar surface area (TPSA) is 497 Å². The number of hydrogen-bond donors (Lipinski definition) is 10. The summed E-state index contributed by atoms with van der Waals surface area (Å²) in [4.78, 5) is 159. The monoisotopic (exact) mass is 1260 g/mol. The molecule has 7 aromatic rings. The van der Waals surface area contributed by atoms with Crippen LogP contribution in [0.3, 0.4) is 0 Å². The molecule has 0 saturated heterocycles. The van der Waals surface area contributed by atoms with E-state index < -0.39 is 198 Å². The van der Waals surface area contributed by atoms with Gasteiger partial charge in [-0.25, -0.2) is 43.2 Å². The number of hydrogen-bond acceptors (Lipinski definition) is 21. The lowest BCUT2D eigenvalue weighted by Gasteiger charge is -2.16. The third-order valence-electron chi connectivity index (χ3n) is 13.3. The summed E-state index contributed by atoms with van der Waals surface area (Å²) in [6.07, 6.45) is -0.385. The smallest absolute Gasteiger partial charge is 0.344 e. The Morgan fingerprint density at radius 2 is 0.848 bits per heavy atom. The summed E-state index contributed by atoms with van der Waals surface area (Å²) >= 11 is 0. The lowest BCUT2D eigenvalue weighted by molar-refractivity contribution is 0.0663. The molecule has 10 N–H and O–H groups in total. The summed E-state index contributed by atoms with van der Waals surface area (Å²) in [6, 6.07) is 20.1. The Labute approximate surface area is 513 Å². The number of nitrogens with zero attached hydrogens (tertiary/aromatic N) is 8. The molecule has 2 aromatic heterocycles. The molecule has 0 aliphatic carbocycles. The zero-order valence-electron chi connectivity index (χ0n) is 47.4. The highest BCUT2D eigenvalue weighted by atomic mass is 16.5. The summed E-state index contributed by atoms with van der Waals surface area (Å²) in [5.41, 5.74) is -14.9. The minimum atomic E-state index is -1.89. The minimum absolute atomic E-state index is 0.00900. The highest BCUT2D eigenvalue weighted by molar-refractivity contribution is 6.12. The van der Waals surface area contributed by atoms with Crippen molar-refractivity contribution in [3.63, 3.8) is 0 Å². The van der Waals surface area contributed by atoms with Crippen LogP contribution < -0.4 is 31.2 Å². The van der Waals surface area contributed by atoms with Crippen LogP contribution in [0.1, 0.15) is 134 Å². The van der Waals surface area contributed by atoms with E-state index in [1.807, 2.05) is 0 Å². The van der Waals surface area contributed by atoms with Gasteiger partial charge in [0, 0.05) is 31.7 Å². The van der Waals surface area contributed by atoms with Crippen LogP contribution in [0.5, 0.6) is 23.3 Å². The molecule has 0 unspecified atom stereocenters. The second kappa shape index (κ2) is 28.3. The van der Waals surface area contributed by atoms with Crippen LogP contribution in [0.15, 0.2) is 127 Å². The molecule has 0 saturated carbocycles. The fraction of sp³-hybridized carbons (Fsp3) is 0.133. The Hall–Kier alpha value is -13.5. The van der Waals surface area contributed by atoms with Crippen LogP contribution in [0, 0.1) is 17.9 Å². The first-order valence-corrected chi connectivity index (χ1v) is 26.4. The van der Waals surface area contributed by atoms with Gasteiger partial charge in [0.25, 0.3) is 28.6 Å². The van der Waals surface area contributed by atoms with Gasteiger partial charge in [-0.2, -0.15) is 5.26 Å². The van der Waals surface area contributed by atoms with E-state index in [1.54, 1.807) is 18.2 Å². The van der Waals surface area contributed by atoms with E-state index in [0.717, 1.165) is 0 Å². The molecule has 32 nitrogen and oxygen atoms in total. The number of para-hydroxylation sites is 2. The fourth-order valence-electron chi connectivity index (χ4n) is 8.97. The molecule has 0 radical (unpaired) electrons. The van der Waals surface area contributed by atoms with Gasteiger partial charge >= 0.3 is 47.8 Å². The SMILES string of the molecule is [C-]#[N+]c1c(CC)c(N=Nc2cc(C(=O)O)c(C(=O)Oc3ccccc3)cc2C(=O)O)c(O)n(CCNC(=O)c2cc(C(=O)O)c(C(=O)NCCn3c(O)c(N=Nc4cc(C(=O)O)c(C(=O)Oc5ccccc5)cc4C(=O)O)c(CC)c(C#N)c3=O)cc2C(=O)O)c1=O. The molecule has 0 atom stereocenters. The Bertz CT molecular complexity index is 4290. The van der Waals surface area contributed by atoms with Gasteiger partial charge in [-0.3, -0.25) is 28.3 Å². The van der Waals surface area contributed by atoms with E-state index in [4.69, 9.17) is 16.0 Å². The van der Waals surface area contributed by atoms with Crippen molar-refractivity contribution in [1.29, 1.82) is 5.26 Å². The molecule has 466 valence electrons. The molecule has 0 aliphatic rings. The zero-order chi connectivity index (χ0) is 67.4. The van der Waals surface area contributed by atoms with E-state index in [1.165, 1.54) is 62.4 Å². The van der Waals surface area contributed by atoms with Crippen molar-refractivity contribution in [2.24, 2.45) is 20.5 Å². The number of pyridine rings is 2.